The highest BCUT2D eigenvalue weighted by molar-refractivity contribution is 6.31. The molecule has 0 aromatic heterocycles. The predicted molar refractivity (Wildman–Crippen MR) is 66.4 cm³/mol. The van der Waals surface area contributed by atoms with Crippen molar-refractivity contribution in [3.63, 3.8) is 0 Å². The molecule has 0 radical (unpaired) electrons. The highest BCUT2D eigenvalue weighted by atomic mass is 16.2. The molecule has 2 rings (SSSR count). The summed E-state index contributed by atoms with van der Waals surface area (Å²) < 4.78 is 0. The van der Waals surface area contributed by atoms with Crippen LogP contribution in [0.3, 0.4) is 0 Å². The van der Waals surface area contributed by atoms with Crippen LogP contribution in [0.5, 0.6) is 0 Å². The van der Waals surface area contributed by atoms with E-state index < -0.39 is 5.91 Å². The smallest absolute Gasteiger partial charge is 0.265 e. The van der Waals surface area contributed by atoms with Gasteiger partial charge in [-0.3, -0.25) is 9.59 Å². The number of nitrogens with zero attached hydrogens (tertiary/aromatic N) is 2. The van der Waals surface area contributed by atoms with Gasteiger partial charge >= 0.3 is 0 Å². The average Bonchev–Trinajstić information content (AvgIpc) is 2.65. The summed E-state index contributed by atoms with van der Waals surface area (Å²) in [5, 5.41) is 8.67. The Balaban J connectivity index is 2.34. The topological polar surface area (TPSA) is 61.2 Å². The Hall–Kier alpha value is -2.67. The number of imide groups is 1. The summed E-state index contributed by atoms with van der Waals surface area (Å²) in [5.41, 5.74) is 1.15. The first-order valence-electron chi connectivity index (χ1n) is 5.37. The molecule has 1 heterocycles. The van der Waals surface area contributed by atoms with Gasteiger partial charge in [0.05, 0.1) is 11.8 Å². The van der Waals surface area contributed by atoms with Crippen molar-refractivity contribution in [2.75, 3.05) is 4.90 Å². The lowest BCUT2D eigenvalue weighted by Gasteiger charge is -2.13. The molecule has 1 aromatic rings. The summed E-state index contributed by atoms with van der Waals surface area (Å²) in [6.07, 6.45) is 2.67. The second-order valence-corrected chi connectivity index (χ2v) is 3.85. The number of amides is 2. The second-order valence-electron chi connectivity index (χ2n) is 3.85. The van der Waals surface area contributed by atoms with Crippen molar-refractivity contribution in [1.29, 1.82) is 5.26 Å². The SMILES string of the molecule is CC(C#N)=CC1=CC(=O)N(c2ccccc2)C1=O. The first-order chi connectivity index (χ1) is 8.63. The van der Waals surface area contributed by atoms with Gasteiger partial charge in [-0.2, -0.15) is 5.26 Å². The van der Waals surface area contributed by atoms with E-state index in [0.29, 0.717) is 11.3 Å². The molecular formula is C14H10N2O2. The zero-order valence-electron chi connectivity index (χ0n) is 9.75. The number of hydrogen-bond donors (Lipinski definition) is 0. The molecule has 2 amide bonds. The quantitative estimate of drug-likeness (QED) is 0.584. The Morgan fingerprint density at radius 2 is 1.94 bits per heavy atom. The van der Waals surface area contributed by atoms with E-state index in [2.05, 4.69) is 0 Å². The first kappa shape index (κ1) is 11.8. The van der Waals surface area contributed by atoms with Crippen LogP contribution in [-0.2, 0) is 9.59 Å². The fourth-order valence-corrected chi connectivity index (χ4v) is 1.68. The minimum absolute atomic E-state index is 0.239. The molecular weight excluding hydrogens is 228 g/mol. The van der Waals surface area contributed by atoms with Crippen LogP contribution in [0.2, 0.25) is 0 Å². The summed E-state index contributed by atoms with van der Waals surface area (Å²) in [6.45, 7) is 1.59. The molecule has 1 aliphatic rings. The van der Waals surface area contributed by atoms with E-state index in [-0.39, 0.29) is 11.5 Å². The maximum atomic E-state index is 12.1. The summed E-state index contributed by atoms with van der Waals surface area (Å²) in [7, 11) is 0. The Morgan fingerprint density at radius 1 is 1.28 bits per heavy atom. The van der Waals surface area contributed by atoms with Crippen LogP contribution in [0.25, 0.3) is 0 Å². The predicted octanol–water partition coefficient (Wildman–Crippen LogP) is 1.96. The third kappa shape index (κ3) is 2.06. The van der Waals surface area contributed by atoms with Gasteiger partial charge in [-0.1, -0.05) is 18.2 Å². The molecule has 18 heavy (non-hydrogen) atoms. The van der Waals surface area contributed by atoms with Crippen LogP contribution in [0.1, 0.15) is 6.92 Å². The number of hydrogen-bond acceptors (Lipinski definition) is 3. The number of carbonyl (C=O) groups is 2. The van der Waals surface area contributed by atoms with Crippen molar-refractivity contribution in [3.8, 4) is 6.07 Å². The maximum Gasteiger partial charge on any atom is 0.265 e. The summed E-state index contributed by atoms with van der Waals surface area (Å²) >= 11 is 0. The van der Waals surface area contributed by atoms with E-state index in [0.717, 1.165) is 4.90 Å². The van der Waals surface area contributed by atoms with Gasteiger partial charge in [-0.05, 0) is 25.1 Å². The van der Waals surface area contributed by atoms with Crippen molar-refractivity contribution in [2.45, 2.75) is 6.92 Å². The molecule has 0 spiro atoms. The molecule has 0 atom stereocenters. The number of anilines is 1. The van der Waals surface area contributed by atoms with Crippen LogP contribution in [-0.4, -0.2) is 11.8 Å². The number of allylic oxidation sites excluding steroid dienone is 1. The number of rotatable bonds is 2. The molecule has 4 nitrogen and oxygen atoms in total. The van der Waals surface area contributed by atoms with Gasteiger partial charge in [-0.25, -0.2) is 4.90 Å². The monoisotopic (exact) mass is 238 g/mol. The Labute approximate surface area is 104 Å². The largest absolute Gasteiger partial charge is 0.269 e. The molecule has 0 fully saturated rings. The van der Waals surface area contributed by atoms with E-state index in [1.807, 2.05) is 12.1 Å². The van der Waals surface area contributed by atoms with E-state index in [1.54, 1.807) is 31.2 Å². The van der Waals surface area contributed by atoms with E-state index in [9.17, 15) is 9.59 Å². The summed E-state index contributed by atoms with van der Waals surface area (Å²) in [5.74, 6) is -0.788. The summed E-state index contributed by atoms with van der Waals surface area (Å²) in [4.78, 5) is 24.9. The minimum Gasteiger partial charge on any atom is -0.269 e. The Morgan fingerprint density at radius 3 is 2.56 bits per heavy atom. The third-order valence-corrected chi connectivity index (χ3v) is 2.51. The van der Waals surface area contributed by atoms with Crippen LogP contribution >= 0.6 is 0 Å². The van der Waals surface area contributed by atoms with Gasteiger partial charge in [0, 0.05) is 17.2 Å². The lowest BCUT2D eigenvalue weighted by Crippen LogP contribution is -2.30. The minimum atomic E-state index is -0.402. The lowest BCUT2D eigenvalue weighted by molar-refractivity contribution is -0.120. The molecule has 1 aromatic carbocycles. The molecule has 0 saturated carbocycles. The molecule has 4 heteroatoms. The van der Waals surface area contributed by atoms with Crippen molar-refractivity contribution in [1.82, 2.24) is 0 Å². The highest BCUT2D eigenvalue weighted by Gasteiger charge is 2.30. The fraction of sp³-hybridized carbons (Fsp3) is 0.0714. The van der Waals surface area contributed by atoms with Gasteiger partial charge < -0.3 is 0 Å². The lowest BCUT2D eigenvalue weighted by atomic mass is 10.2. The summed E-state index contributed by atoms with van der Waals surface area (Å²) in [6, 6.07) is 10.6. The van der Waals surface area contributed by atoms with Crippen LogP contribution in [0.15, 0.2) is 53.6 Å². The van der Waals surface area contributed by atoms with Gasteiger partial charge in [0.25, 0.3) is 11.8 Å². The van der Waals surface area contributed by atoms with E-state index in [1.165, 1.54) is 12.2 Å². The third-order valence-electron chi connectivity index (χ3n) is 2.51. The number of nitriles is 1. The van der Waals surface area contributed by atoms with Crippen molar-refractivity contribution >= 4 is 17.5 Å². The molecule has 0 aliphatic carbocycles. The molecule has 0 bridgehead atoms. The maximum absolute atomic E-state index is 12.1. The van der Waals surface area contributed by atoms with Crippen LogP contribution in [0, 0.1) is 11.3 Å². The van der Waals surface area contributed by atoms with Gasteiger partial charge in [-0.15, -0.1) is 0 Å². The standard InChI is InChI=1S/C14H10N2O2/c1-10(9-15)7-11-8-13(17)16(14(11)18)12-5-3-2-4-6-12/h2-8H,1H3. The molecule has 0 N–H and O–H groups in total. The second kappa shape index (κ2) is 4.68. The number of para-hydroxylation sites is 1. The number of carbonyl (C=O) groups excluding carboxylic acids is 2. The zero-order chi connectivity index (χ0) is 13.1. The molecule has 0 unspecified atom stereocenters. The molecule has 1 aliphatic heterocycles. The van der Waals surface area contributed by atoms with E-state index in [4.69, 9.17) is 5.26 Å². The normalized spacial score (nSPS) is 15.7. The number of benzene rings is 1. The van der Waals surface area contributed by atoms with Crippen LogP contribution < -0.4 is 4.90 Å². The van der Waals surface area contributed by atoms with Gasteiger partial charge in [0.1, 0.15) is 0 Å². The fourth-order valence-electron chi connectivity index (χ4n) is 1.68. The highest BCUT2D eigenvalue weighted by Crippen LogP contribution is 2.23. The first-order valence-corrected chi connectivity index (χ1v) is 5.37. The molecule has 88 valence electrons. The average molecular weight is 238 g/mol. The Kier molecular flexibility index (Phi) is 3.07. The van der Waals surface area contributed by atoms with Gasteiger partial charge in [0.15, 0.2) is 0 Å². The molecule has 0 saturated heterocycles. The Bertz CT molecular complexity index is 606. The van der Waals surface area contributed by atoms with E-state index >= 15 is 0 Å². The zero-order valence-corrected chi connectivity index (χ0v) is 9.75. The van der Waals surface area contributed by atoms with Crippen molar-refractivity contribution in [2.24, 2.45) is 0 Å². The van der Waals surface area contributed by atoms with Gasteiger partial charge in [0.2, 0.25) is 0 Å². The van der Waals surface area contributed by atoms with Crippen molar-refractivity contribution < 1.29 is 9.59 Å². The van der Waals surface area contributed by atoms with Crippen molar-refractivity contribution in [3.05, 3.63) is 53.6 Å². The van der Waals surface area contributed by atoms with Crippen LogP contribution in [0.4, 0.5) is 5.69 Å².